The highest BCUT2D eigenvalue weighted by atomic mass is 32.1. The summed E-state index contributed by atoms with van der Waals surface area (Å²) in [7, 11) is 1.64. The second-order valence-electron chi connectivity index (χ2n) is 6.71. The minimum Gasteiger partial charge on any atom is -0.497 e. The molecule has 146 valence electrons. The van der Waals surface area contributed by atoms with E-state index in [1.165, 1.54) is 17.7 Å². The lowest BCUT2D eigenvalue weighted by Gasteiger charge is -2.26. The summed E-state index contributed by atoms with van der Waals surface area (Å²) in [6, 6.07) is 12.0. The fourth-order valence-electron chi connectivity index (χ4n) is 3.34. The molecule has 0 radical (unpaired) electrons. The summed E-state index contributed by atoms with van der Waals surface area (Å²) < 4.78 is 10.8. The van der Waals surface area contributed by atoms with Crippen LogP contribution in [0.5, 0.6) is 11.5 Å². The van der Waals surface area contributed by atoms with Gasteiger partial charge in [-0.1, -0.05) is 6.07 Å². The predicted molar refractivity (Wildman–Crippen MR) is 109 cm³/mol. The smallest absolute Gasteiger partial charge is 0.220 e. The molecule has 1 N–H and O–H groups in total. The van der Waals surface area contributed by atoms with E-state index in [1.807, 2.05) is 24.3 Å². The van der Waals surface area contributed by atoms with Crippen molar-refractivity contribution in [3.8, 4) is 11.5 Å². The number of amides is 1. The third-order valence-corrected chi connectivity index (χ3v) is 5.80. The standard InChI is InChI=1S/C21H28N2O3S/c1-25-17-8-10-18(11-9-17)26-14-4-7-21(24)22-16-19(20-6-5-15-27-20)23-12-2-3-13-23/h5-6,8-11,15,19H,2-4,7,12-14,16H2,1H3,(H,22,24)/t19-/m0/s1. The maximum Gasteiger partial charge on any atom is 0.220 e. The van der Waals surface area contributed by atoms with Crippen LogP contribution >= 0.6 is 11.3 Å². The molecule has 1 saturated heterocycles. The molecule has 0 bridgehead atoms. The lowest BCUT2D eigenvalue weighted by Crippen LogP contribution is -2.36. The SMILES string of the molecule is COc1ccc(OCCCC(=O)NC[C@@H](c2cccs2)N2CCCC2)cc1. The van der Waals surface area contributed by atoms with Gasteiger partial charge >= 0.3 is 0 Å². The summed E-state index contributed by atoms with van der Waals surface area (Å²) in [5.74, 6) is 1.69. The Morgan fingerprint density at radius 2 is 1.93 bits per heavy atom. The van der Waals surface area contributed by atoms with Crippen LogP contribution in [0.4, 0.5) is 0 Å². The molecule has 1 aliphatic heterocycles. The van der Waals surface area contributed by atoms with Crippen molar-refractivity contribution in [2.24, 2.45) is 0 Å². The van der Waals surface area contributed by atoms with Gasteiger partial charge in [0.05, 0.1) is 19.8 Å². The number of likely N-dealkylation sites (tertiary alicyclic amines) is 1. The van der Waals surface area contributed by atoms with Crippen LogP contribution in [0, 0.1) is 0 Å². The highest BCUT2D eigenvalue weighted by molar-refractivity contribution is 7.10. The first-order valence-corrected chi connectivity index (χ1v) is 10.5. The van der Waals surface area contributed by atoms with Gasteiger partial charge in [0.25, 0.3) is 0 Å². The van der Waals surface area contributed by atoms with Crippen molar-refractivity contribution in [1.82, 2.24) is 10.2 Å². The monoisotopic (exact) mass is 388 g/mol. The maximum absolute atomic E-state index is 12.2. The third kappa shape index (κ3) is 5.97. The van der Waals surface area contributed by atoms with Crippen LogP contribution in [0.25, 0.3) is 0 Å². The molecule has 1 aromatic heterocycles. The van der Waals surface area contributed by atoms with Crippen molar-refractivity contribution < 1.29 is 14.3 Å². The average Bonchev–Trinajstić information content (AvgIpc) is 3.41. The highest BCUT2D eigenvalue weighted by Crippen LogP contribution is 2.27. The van der Waals surface area contributed by atoms with Crippen LogP contribution in [0.2, 0.25) is 0 Å². The van der Waals surface area contributed by atoms with Crippen molar-refractivity contribution in [3.05, 3.63) is 46.7 Å². The quantitative estimate of drug-likeness (QED) is 0.628. The predicted octanol–water partition coefficient (Wildman–Crippen LogP) is 3.87. The third-order valence-electron chi connectivity index (χ3n) is 4.82. The minimum atomic E-state index is 0.0917. The number of carbonyl (C=O) groups is 1. The highest BCUT2D eigenvalue weighted by Gasteiger charge is 2.24. The van der Waals surface area contributed by atoms with Crippen LogP contribution in [0.3, 0.4) is 0 Å². The number of ether oxygens (including phenoxy) is 2. The van der Waals surface area contributed by atoms with Gasteiger partial charge < -0.3 is 14.8 Å². The van der Waals surface area contributed by atoms with Crippen molar-refractivity contribution in [2.45, 2.75) is 31.7 Å². The molecule has 0 spiro atoms. The largest absolute Gasteiger partial charge is 0.497 e. The zero-order valence-electron chi connectivity index (χ0n) is 15.9. The number of hydrogen-bond acceptors (Lipinski definition) is 5. The fourth-order valence-corrected chi connectivity index (χ4v) is 4.20. The molecule has 1 aliphatic rings. The molecule has 1 amide bonds. The van der Waals surface area contributed by atoms with E-state index in [0.29, 0.717) is 32.0 Å². The zero-order chi connectivity index (χ0) is 18.9. The number of rotatable bonds is 10. The number of nitrogens with zero attached hydrogens (tertiary/aromatic N) is 1. The average molecular weight is 389 g/mol. The van der Waals surface area contributed by atoms with Crippen LogP contribution in [0.1, 0.15) is 36.6 Å². The number of methoxy groups -OCH3 is 1. The minimum absolute atomic E-state index is 0.0917. The van der Waals surface area contributed by atoms with E-state index < -0.39 is 0 Å². The molecule has 5 nitrogen and oxygen atoms in total. The van der Waals surface area contributed by atoms with Crippen LogP contribution < -0.4 is 14.8 Å². The van der Waals surface area contributed by atoms with E-state index in [4.69, 9.17) is 9.47 Å². The number of nitrogens with one attached hydrogen (secondary N) is 1. The Balaban J connectivity index is 1.37. The molecule has 6 heteroatoms. The molecule has 0 saturated carbocycles. The summed E-state index contributed by atoms with van der Waals surface area (Å²) in [6.07, 6.45) is 3.68. The lowest BCUT2D eigenvalue weighted by atomic mass is 10.2. The van der Waals surface area contributed by atoms with Gasteiger partial charge in [0.1, 0.15) is 11.5 Å². The molecule has 1 fully saturated rings. The first-order chi connectivity index (χ1) is 13.3. The normalized spacial score (nSPS) is 15.4. The Morgan fingerprint density at radius 3 is 2.59 bits per heavy atom. The Morgan fingerprint density at radius 1 is 1.19 bits per heavy atom. The Labute approximate surface area is 165 Å². The molecule has 2 heterocycles. The first kappa shape index (κ1) is 19.7. The van der Waals surface area contributed by atoms with E-state index in [-0.39, 0.29) is 5.91 Å². The van der Waals surface area contributed by atoms with Crippen molar-refractivity contribution in [2.75, 3.05) is 33.4 Å². The van der Waals surface area contributed by atoms with Crippen LogP contribution in [0.15, 0.2) is 41.8 Å². The second-order valence-corrected chi connectivity index (χ2v) is 7.69. The van der Waals surface area contributed by atoms with Crippen LogP contribution in [-0.2, 0) is 4.79 Å². The molecular formula is C21H28N2O3S. The molecule has 2 aromatic rings. The van der Waals surface area contributed by atoms with Gasteiger partial charge in [0, 0.05) is 17.8 Å². The Hall–Kier alpha value is -2.05. The maximum atomic E-state index is 12.2. The molecular weight excluding hydrogens is 360 g/mol. The molecule has 27 heavy (non-hydrogen) atoms. The van der Waals surface area contributed by atoms with E-state index in [1.54, 1.807) is 18.4 Å². The van der Waals surface area contributed by atoms with Gasteiger partial charge in [-0.25, -0.2) is 0 Å². The van der Waals surface area contributed by atoms with Crippen molar-refractivity contribution in [3.63, 3.8) is 0 Å². The summed E-state index contributed by atoms with van der Waals surface area (Å²) in [4.78, 5) is 16.0. The summed E-state index contributed by atoms with van der Waals surface area (Å²) in [5, 5.41) is 5.22. The number of carbonyl (C=O) groups excluding carboxylic acids is 1. The zero-order valence-corrected chi connectivity index (χ0v) is 16.7. The molecule has 0 aliphatic carbocycles. The van der Waals surface area contributed by atoms with Crippen molar-refractivity contribution >= 4 is 17.2 Å². The fraction of sp³-hybridized carbons (Fsp3) is 0.476. The summed E-state index contributed by atoms with van der Waals surface area (Å²) >= 11 is 1.77. The van der Waals surface area contributed by atoms with E-state index in [0.717, 1.165) is 24.6 Å². The number of hydrogen-bond donors (Lipinski definition) is 1. The van der Waals surface area contributed by atoms with E-state index in [2.05, 4.69) is 27.7 Å². The molecule has 1 atom stereocenters. The van der Waals surface area contributed by atoms with Crippen LogP contribution in [-0.4, -0.2) is 44.2 Å². The van der Waals surface area contributed by atoms with Gasteiger partial charge in [-0.3, -0.25) is 9.69 Å². The van der Waals surface area contributed by atoms with E-state index >= 15 is 0 Å². The van der Waals surface area contributed by atoms with Gasteiger partial charge in [0.2, 0.25) is 5.91 Å². The Bertz CT molecular complexity index is 682. The number of thiophene rings is 1. The van der Waals surface area contributed by atoms with Gasteiger partial charge in [0.15, 0.2) is 0 Å². The van der Waals surface area contributed by atoms with Gasteiger partial charge in [-0.05, 0) is 68.1 Å². The lowest BCUT2D eigenvalue weighted by molar-refractivity contribution is -0.121. The second kappa shape index (κ2) is 10.3. The molecule has 3 rings (SSSR count). The molecule has 1 aromatic carbocycles. The topological polar surface area (TPSA) is 50.8 Å². The Kier molecular flexibility index (Phi) is 7.54. The summed E-state index contributed by atoms with van der Waals surface area (Å²) in [6.45, 7) is 3.45. The summed E-state index contributed by atoms with van der Waals surface area (Å²) in [5.41, 5.74) is 0. The van der Waals surface area contributed by atoms with Gasteiger partial charge in [-0.2, -0.15) is 0 Å². The number of benzene rings is 1. The van der Waals surface area contributed by atoms with Crippen molar-refractivity contribution in [1.29, 1.82) is 0 Å². The first-order valence-electron chi connectivity index (χ1n) is 9.57. The van der Waals surface area contributed by atoms with E-state index in [9.17, 15) is 4.79 Å². The molecule has 0 unspecified atom stereocenters. The van der Waals surface area contributed by atoms with Gasteiger partial charge in [-0.15, -0.1) is 11.3 Å².